The molecule has 158 valence electrons. The van der Waals surface area contributed by atoms with Gasteiger partial charge < -0.3 is 0 Å². The molecule has 0 unspecified atom stereocenters. The van der Waals surface area contributed by atoms with Crippen LogP contribution in [-0.2, 0) is 0 Å². The molecule has 7 rings (SSSR count). The molecule has 0 bridgehead atoms. The highest BCUT2D eigenvalue weighted by Gasteiger charge is 2.17. The summed E-state index contributed by atoms with van der Waals surface area (Å²) in [6.45, 7) is 0. The van der Waals surface area contributed by atoms with E-state index >= 15 is 0 Å². The van der Waals surface area contributed by atoms with Crippen LogP contribution in [0.15, 0.2) is 122 Å². The summed E-state index contributed by atoms with van der Waals surface area (Å²) >= 11 is 0. The van der Waals surface area contributed by atoms with Gasteiger partial charge in [0, 0.05) is 34.9 Å². The van der Waals surface area contributed by atoms with Crippen LogP contribution in [0.4, 0.5) is 0 Å². The molecule has 0 saturated carbocycles. The predicted molar refractivity (Wildman–Crippen MR) is 143 cm³/mol. The van der Waals surface area contributed by atoms with Crippen LogP contribution in [0.3, 0.4) is 0 Å². The summed E-state index contributed by atoms with van der Waals surface area (Å²) in [5.41, 5.74) is 4.55. The average molecular weight is 433 g/mol. The van der Waals surface area contributed by atoms with Gasteiger partial charge in [-0.1, -0.05) is 84.9 Å². The van der Waals surface area contributed by atoms with Gasteiger partial charge in [0.15, 0.2) is 0 Å². The standard InChI is InChI=1S/C32H20N2/c1-2-8-22-17-24(14-13-21(22)7-1)31-26-11-5-6-12-27(26)32(29-20-33-16-15-28(29)31)30-18-23-9-3-4-10-25(23)19-34-30/h1-20H. The predicted octanol–water partition coefficient (Wildman–Crippen LogP) is 8.42. The smallest absolute Gasteiger partial charge is 0.0721 e. The van der Waals surface area contributed by atoms with Crippen LogP contribution in [0.2, 0.25) is 0 Å². The first-order valence-electron chi connectivity index (χ1n) is 11.5. The second-order valence-electron chi connectivity index (χ2n) is 8.70. The van der Waals surface area contributed by atoms with E-state index in [0.29, 0.717) is 0 Å². The third kappa shape index (κ3) is 2.89. The lowest BCUT2D eigenvalue weighted by Gasteiger charge is -2.17. The Morgan fingerprint density at radius 2 is 1.09 bits per heavy atom. The lowest BCUT2D eigenvalue weighted by Crippen LogP contribution is -1.93. The fourth-order valence-corrected chi connectivity index (χ4v) is 5.17. The van der Waals surface area contributed by atoms with E-state index in [2.05, 4.69) is 108 Å². The highest BCUT2D eigenvalue weighted by Crippen LogP contribution is 2.43. The molecule has 0 aliphatic rings. The van der Waals surface area contributed by atoms with Crippen LogP contribution in [-0.4, -0.2) is 9.97 Å². The molecule has 2 aromatic heterocycles. The van der Waals surface area contributed by atoms with Crippen LogP contribution in [0.25, 0.3) is 65.5 Å². The van der Waals surface area contributed by atoms with Crippen molar-refractivity contribution < 1.29 is 0 Å². The van der Waals surface area contributed by atoms with Crippen molar-refractivity contribution in [2.75, 3.05) is 0 Å². The van der Waals surface area contributed by atoms with Gasteiger partial charge >= 0.3 is 0 Å². The van der Waals surface area contributed by atoms with E-state index in [1.54, 1.807) is 0 Å². The second kappa shape index (κ2) is 7.50. The number of aromatic nitrogens is 2. The van der Waals surface area contributed by atoms with Gasteiger partial charge in [0.25, 0.3) is 0 Å². The molecule has 0 aliphatic heterocycles. The molecule has 0 aliphatic carbocycles. The molecule has 7 aromatic rings. The second-order valence-corrected chi connectivity index (χ2v) is 8.70. The van der Waals surface area contributed by atoms with E-state index in [0.717, 1.165) is 22.0 Å². The Hall–Kier alpha value is -4.56. The number of hydrogen-bond acceptors (Lipinski definition) is 2. The first kappa shape index (κ1) is 19.0. The van der Waals surface area contributed by atoms with E-state index in [4.69, 9.17) is 4.98 Å². The van der Waals surface area contributed by atoms with Gasteiger partial charge in [-0.25, -0.2) is 0 Å². The van der Waals surface area contributed by atoms with E-state index in [9.17, 15) is 0 Å². The minimum absolute atomic E-state index is 0.970. The number of rotatable bonds is 2. The van der Waals surface area contributed by atoms with Gasteiger partial charge in [-0.15, -0.1) is 0 Å². The van der Waals surface area contributed by atoms with Gasteiger partial charge in [0.05, 0.1) is 5.69 Å². The molecule has 0 saturated heterocycles. The lowest BCUT2D eigenvalue weighted by atomic mass is 9.87. The van der Waals surface area contributed by atoms with Gasteiger partial charge in [-0.05, 0) is 61.6 Å². The summed E-state index contributed by atoms with van der Waals surface area (Å²) in [7, 11) is 0. The van der Waals surface area contributed by atoms with Crippen molar-refractivity contribution in [3.63, 3.8) is 0 Å². The molecule has 0 N–H and O–H groups in total. The molecule has 2 heteroatoms. The zero-order valence-corrected chi connectivity index (χ0v) is 18.4. The first-order chi connectivity index (χ1) is 16.9. The Bertz CT molecular complexity index is 1670. The SMILES string of the molecule is c1ccc2cc(-c3c4ccccc4c(-c4cc5ccccc5cn4)c4cnccc34)ccc2c1. The normalized spacial score (nSPS) is 11.5. The summed E-state index contributed by atoms with van der Waals surface area (Å²) < 4.78 is 0. The van der Waals surface area contributed by atoms with Gasteiger partial charge in [-0.3, -0.25) is 9.97 Å². The topological polar surface area (TPSA) is 25.8 Å². The van der Waals surface area contributed by atoms with Crippen LogP contribution in [0.1, 0.15) is 0 Å². The van der Waals surface area contributed by atoms with Crippen molar-refractivity contribution >= 4 is 43.1 Å². The van der Waals surface area contributed by atoms with Crippen LogP contribution < -0.4 is 0 Å². The van der Waals surface area contributed by atoms with Crippen LogP contribution >= 0.6 is 0 Å². The fraction of sp³-hybridized carbons (Fsp3) is 0. The molecule has 0 spiro atoms. The molecule has 5 aromatic carbocycles. The van der Waals surface area contributed by atoms with E-state index < -0.39 is 0 Å². The van der Waals surface area contributed by atoms with Crippen molar-refractivity contribution in [3.05, 3.63) is 122 Å². The number of fused-ring (bicyclic) bond motifs is 4. The van der Waals surface area contributed by atoms with Crippen LogP contribution in [0, 0.1) is 0 Å². The maximum absolute atomic E-state index is 4.89. The van der Waals surface area contributed by atoms with E-state index in [1.807, 2.05) is 18.6 Å². The Labute approximate surface area is 197 Å². The van der Waals surface area contributed by atoms with Crippen molar-refractivity contribution in [3.8, 4) is 22.4 Å². The molecule has 2 heterocycles. The number of pyridine rings is 2. The largest absolute Gasteiger partial charge is 0.264 e. The highest BCUT2D eigenvalue weighted by atomic mass is 14.7. The molecule has 34 heavy (non-hydrogen) atoms. The summed E-state index contributed by atoms with van der Waals surface area (Å²) in [6.07, 6.45) is 5.84. The minimum Gasteiger partial charge on any atom is -0.264 e. The zero-order chi connectivity index (χ0) is 22.5. The van der Waals surface area contributed by atoms with Gasteiger partial charge in [-0.2, -0.15) is 0 Å². The fourth-order valence-electron chi connectivity index (χ4n) is 5.17. The number of nitrogens with zero attached hydrogens (tertiary/aromatic N) is 2. The quantitative estimate of drug-likeness (QED) is 0.256. The van der Waals surface area contributed by atoms with Crippen LogP contribution in [0.5, 0.6) is 0 Å². The molecule has 0 amide bonds. The highest BCUT2D eigenvalue weighted by molar-refractivity contribution is 6.21. The van der Waals surface area contributed by atoms with Gasteiger partial charge in [0.1, 0.15) is 0 Å². The Morgan fingerprint density at radius 1 is 0.441 bits per heavy atom. The average Bonchev–Trinajstić information content (AvgIpc) is 2.91. The zero-order valence-electron chi connectivity index (χ0n) is 18.4. The third-order valence-corrected chi connectivity index (χ3v) is 6.75. The molecule has 0 atom stereocenters. The number of hydrogen-bond donors (Lipinski definition) is 0. The number of benzene rings is 5. The minimum atomic E-state index is 0.970. The molecule has 2 nitrogen and oxygen atoms in total. The molecule has 0 radical (unpaired) electrons. The monoisotopic (exact) mass is 432 g/mol. The van der Waals surface area contributed by atoms with Crippen molar-refractivity contribution in [1.82, 2.24) is 9.97 Å². The summed E-state index contributed by atoms with van der Waals surface area (Å²) in [6, 6.07) is 36.6. The maximum Gasteiger partial charge on any atom is 0.0721 e. The lowest BCUT2D eigenvalue weighted by molar-refractivity contribution is 1.35. The van der Waals surface area contributed by atoms with Crippen molar-refractivity contribution in [1.29, 1.82) is 0 Å². The Kier molecular flexibility index (Phi) is 4.18. The Balaban J connectivity index is 1.61. The third-order valence-electron chi connectivity index (χ3n) is 6.75. The summed E-state index contributed by atoms with van der Waals surface area (Å²) in [4.78, 5) is 9.42. The summed E-state index contributed by atoms with van der Waals surface area (Å²) in [5, 5.41) is 9.54. The maximum atomic E-state index is 4.89. The Morgan fingerprint density at radius 3 is 1.91 bits per heavy atom. The molecule has 0 fully saturated rings. The van der Waals surface area contributed by atoms with E-state index in [1.165, 1.54) is 43.4 Å². The van der Waals surface area contributed by atoms with Gasteiger partial charge in [0.2, 0.25) is 0 Å². The summed E-state index contributed by atoms with van der Waals surface area (Å²) in [5.74, 6) is 0. The van der Waals surface area contributed by atoms with Crippen molar-refractivity contribution in [2.45, 2.75) is 0 Å². The van der Waals surface area contributed by atoms with Crippen molar-refractivity contribution in [2.24, 2.45) is 0 Å². The molecular weight excluding hydrogens is 412 g/mol. The molecular formula is C32H20N2. The van der Waals surface area contributed by atoms with E-state index in [-0.39, 0.29) is 0 Å². The first-order valence-corrected chi connectivity index (χ1v) is 11.5.